The molecule has 3 N–H and O–H groups in total. The van der Waals surface area contributed by atoms with E-state index in [-0.39, 0.29) is 6.04 Å². The van der Waals surface area contributed by atoms with Gasteiger partial charge in [0.1, 0.15) is 12.2 Å². The van der Waals surface area contributed by atoms with Gasteiger partial charge < -0.3 is 0 Å². The third-order valence-corrected chi connectivity index (χ3v) is 3.36. The number of benzene rings is 1. The molecule has 0 aliphatic heterocycles. The molecule has 2 rings (SSSR count). The molecule has 1 aromatic heterocycles. The van der Waals surface area contributed by atoms with Crippen molar-refractivity contribution in [2.75, 3.05) is 0 Å². The number of aromatic nitrogens is 3. The first kappa shape index (κ1) is 13.5. The summed E-state index contributed by atoms with van der Waals surface area (Å²) in [4.78, 5) is 4.19. The van der Waals surface area contributed by atoms with Crippen LogP contribution >= 0.6 is 27.5 Å². The molecule has 1 unspecified atom stereocenters. The second-order valence-electron chi connectivity index (χ2n) is 3.93. The van der Waals surface area contributed by atoms with Crippen LogP contribution in [0.5, 0.6) is 0 Å². The number of halogens is 2. The quantitative estimate of drug-likeness (QED) is 0.664. The van der Waals surface area contributed by atoms with Crippen molar-refractivity contribution in [1.82, 2.24) is 20.2 Å². The summed E-state index contributed by atoms with van der Waals surface area (Å²) in [5, 5.41) is 4.70. The first-order valence-electron chi connectivity index (χ1n) is 5.35. The predicted octanol–water partition coefficient (Wildman–Crippen LogP) is 1.98. The average molecular weight is 331 g/mol. The largest absolute Gasteiger partial charge is 0.271 e. The van der Waals surface area contributed by atoms with Crippen LogP contribution in [-0.4, -0.2) is 14.8 Å². The lowest BCUT2D eigenvalue weighted by Crippen LogP contribution is -2.30. The van der Waals surface area contributed by atoms with E-state index in [1.165, 1.54) is 6.33 Å². The minimum Gasteiger partial charge on any atom is -0.271 e. The van der Waals surface area contributed by atoms with Gasteiger partial charge in [0.15, 0.2) is 0 Å². The summed E-state index contributed by atoms with van der Waals surface area (Å²) in [6.07, 6.45) is 2.16. The van der Waals surface area contributed by atoms with E-state index in [4.69, 9.17) is 17.4 Å². The number of nitrogens with zero attached hydrogens (tertiary/aromatic N) is 3. The van der Waals surface area contributed by atoms with E-state index in [0.717, 1.165) is 15.9 Å². The summed E-state index contributed by atoms with van der Waals surface area (Å²) < 4.78 is 2.65. The Morgan fingerprint density at radius 1 is 1.50 bits per heavy atom. The smallest absolute Gasteiger partial charge is 0.138 e. The molecule has 5 nitrogen and oxygen atoms in total. The van der Waals surface area contributed by atoms with Crippen molar-refractivity contribution in [1.29, 1.82) is 0 Å². The monoisotopic (exact) mass is 329 g/mol. The summed E-state index contributed by atoms with van der Waals surface area (Å²) >= 11 is 9.45. The Morgan fingerprint density at radius 2 is 2.28 bits per heavy atom. The van der Waals surface area contributed by atoms with Gasteiger partial charge in [-0.15, -0.1) is 0 Å². The standard InChI is InChI=1S/C11H13BrClN5/c1-18-11(15-6-16-18)5-10(17-14)7-2-8(12)4-9(13)3-7/h2-4,6,10,17H,5,14H2,1H3. The Labute approximate surface area is 118 Å². The molecule has 0 radical (unpaired) electrons. The van der Waals surface area contributed by atoms with E-state index in [9.17, 15) is 0 Å². The van der Waals surface area contributed by atoms with Crippen LogP contribution in [0.1, 0.15) is 17.4 Å². The number of hydrogen-bond acceptors (Lipinski definition) is 4. The molecule has 0 aliphatic carbocycles. The number of rotatable bonds is 4. The fourth-order valence-electron chi connectivity index (χ4n) is 1.74. The normalized spacial score (nSPS) is 12.7. The lowest BCUT2D eigenvalue weighted by Gasteiger charge is -2.16. The molecule has 0 bridgehead atoms. The second-order valence-corrected chi connectivity index (χ2v) is 5.28. The molecule has 0 aliphatic rings. The van der Waals surface area contributed by atoms with Gasteiger partial charge in [0.05, 0.1) is 6.04 Å². The Balaban J connectivity index is 2.25. The van der Waals surface area contributed by atoms with E-state index < -0.39 is 0 Å². The topological polar surface area (TPSA) is 68.8 Å². The number of aryl methyl sites for hydroxylation is 1. The van der Waals surface area contributed by atoms with Gasteiger partial charge in [-0.3, -0.25) is 16.0 Å². The highest BCUT2D eigenvalue weighted by Crippen LogP contribution is 2.25. The molecular formula is C11H13BrClN5. The highest BCUT2D eigenvalue weighted by atomic mass is 79.9. The Bertz CT molecular complexity index is 522. The first-order valence-corrected chi connectivity index (χ1v) is 6.52. The Morgan fingerprint density at radius 3 is 2.83 bits per heavy atom. The molecule has 1 heterocycles. The molecule has 2 aromatic rings. The molecule has 1 atom stereocenters. The maximum atomic E-state index is 6.03. The summed E-state index contributed by atoms with van der Waals surface area (Å²) in [5.41, 5.74) is 3.78. The minimum absolute atomic E-state index is 0.0668. The first-order chi connectivity index (χ1) is 8.60. The molecule has 0 amide bonds. The number of nitrogens with two attached hydrogens (primary N) is 1. The van der Waals surface area contributed by atoms with Crippen LogP contribution in [0.15, 0.2) is 29.0 Å². The summed E-state index contributed by atoms with van der Waals surface area (Å²) in [7, 11) is 1.85. The van der Waals surface area contributed by atoms with Crippen LogP contribution in [-0.2, 0) is 13.5 Å². The van der Waals surface area contributed by atoms with Gasteiger partial charge in [0.2, 0.25) is 0 Å². The van der Waals surface area contributed by atoms with Crippen molar-refractivity contribution < 1.29 is 0 Å². The van der Waals surface area contributed by atoms with Crippen LogP contribution in [0.4, 0.5) is 0 Å². The van der Waals surface area contributed by atoms with Crippen LogP contribution in [0.2, 0.25) is 5.02 Å². The van der Waals surface area contributed by atoms with Gasteiger partial charge in [-0.2, -0.15) is 5.10 Å². The molecule has 7 heteroatoms. The van der Waals surface area contributed by atoms with Gasteiger partial charge in [-0.1, -0.05) is 27.5 Å². The lowest BCUT2D eigenvalue weighted by atomic mass is 10.0. The number of hydrazine groups is 1. The van der Waals surface area contributed by atoms with E-state index in [2.05, 4.69) is 31.4 Å². The van der Waals surface area contributed by atoms with Crippen molar-refractivity contribution >= 4 is 27.5 Å². The highest BCUT2D eigenvalue weighted by Gasteiger charge is 2.14. The molecule has 0 saturated carbocycles. The molecule has 18 heavy (non-hydrogen) atoms. The number of hydrogen-bond donors (Lipinski definition) is 2. The minimum atomic E-state index is -0.0668. The molecule has 1 aromatic carbocycles. The fraction of sp³-hybridized carbons (Fsp3) is 0.273. The predicted molar refractivity (Wildman–Crippen MR) is 73.9 cm³/mol. The zero-order chi connectivity index (χ0) is 13.1. The van der Waals surface area contributed by atoms with E-state index in [1.54, 1.807) is 4.68 Å². The summed E-state index contributed by atoms with van der Waals surface area (Å²) in [5.74, 6) is 6.46. The van der Waals surface area contributed by atoms with Crippen molar-refractivity contribution in [2.24, 2.45) is 12.9 Å². The molecule has 0 saturated heterocycles. The van der Waals surface area contributed by atoms with E-state index in [1.807, 2.05) is 25.2 Å². The second kappa shape index (κ2) is 5.79. The van der Waals surface area contributed by atoms with Gasteiger partial charge in [-0.05, 0) is 23.8 Å². The highest BCUT2D eigenvalue weighted by molar-refractivity contribution is 9.10. The van der Waals surface area contributed by atoms with Gasteiger partial charge in [0.25, 0.3) is 0 Å². The van der Waals surface area contributed by atoms with Crippen molar-refractivity contribution in [3.63, 3.8) is 0 Å². The van der Waals surface area contributed by atoms with E-state index in [0.29, 0.717) is 11.4 Å². The van der Waals surface area contributed by atoms with Gasteiger partial charge in [-0.25, -0.2) is 4.98 Å². The van der Waals surface area contributed by atoms with E-state index >= 15 is 0 Å². The van der Waals surface area contributed by atoms with Crippen LogP contribution in [0.3, 0.4) is 0 Å². The lowest BCUT2D eigenvalue weighted by molar-refractivity contribution is 0.523. The van der Waals surface area contributed by atoms with Crippen molar-refractivity contribution in [2.45, 2.75) is 12.5 Å². The van der Waals surface area contributed by atoms with Crippen molar-refractivity contribution in [3.05, 3.63) is 45.4 Å². The van der Waals surface area contributed by atoms with Gasteiger partial charge in [0, 0.05) is 23.0 Å². The maximum Gasteiger partial charge on any atom is 0.138 e. The molecule has 96 valence electrons. The van der Waals surface area contributed by atoms with Crippen molar-refractivity contribution in [3.8, 4) is 0 Å². The van der Waals surface area contributed by atoms with Crippen LogP contribution in [0.25, 0.3) is 0 Å². The third-order valence-electron chi connectivity index (χ3n) is 2.68. The van der Waals surface area contributed by atoms with Crippen LogP contribution < -0.4 is 11.3 Å². The zero-order valence-corrected chi connectivity index (χ0v) is 12.1. The summed E-state index contributed by atoms with van der Waals surface area (Å²) in [6.45, 7) is 0. The molecular weight excluding hydrogens is 318 g/mol. The number of nitrogens with one attached hydrogen (secondary N) is 1. The Kier molecular flexibility index (Phi) is 4.34. The average Bonchev–Trinajstić information content (AvgIpc) is 2.70. The Hall–Kier alpha value is -0.950. The SMILES string of the molecule is Cn1ncnc1CC(NN)c1cc(Cl)cc(Br)c1. The molecule has 0 fully saturated rings. The summed E-state index contributed by atoms with van der Waals surface area (Å²) in [6, 6.07) is 5.63. The fourth-order valence-corrected chi connectivity index (χ4v) is 2.62. The third kappa shape index (κ3) is 3.08. The molecule has 0 spiro atoms. The van der Waals surface area contributed by atoms with Gasteiger partial charge >= 0.3 is 0 Å². The zero-order valence-electron chi connectivity index (χ0n) is 9.77. The van der Waals surface area contributed by atoms with Crippen LogP contribution in [0, 0.1) is 0 Å². The maximum absolute atomic E-state index is 6.03.